The van der Waals surface area contributed by atoms with Crippen molar-refractivity contribution >= 4 is 93.8 Å². The second-order valence-corrected chi connectivity index (χ2v) is 13.9. The highest BCUT2D eigenvalue weighted by Crippen LogP contribution is 2.48. The third kappa shape index (κ3) is 4.39. The summed E-state index contributed by atoms with van der Waals surface area (Å²) >= 11 is 0. The standard InChI is InChI=1S/C49H29N3O3/c1-3-13-30(14-4-1)49-50-38-27-28-44-45(48(38)55-49)37-20-12-23-41(47(37)54-44)52(40-22-11-19-36-35-18-8-10-24-43(35)53-46(36)40)32-25-26-34-33-17-7-9-21-39(33)51(42(34)29-32)31-15-5-2-6-16-31/h1-29H. The summed E-state index contributed by atoms with van der Waals surface area (Å²) in [6.07, 6.45) is 0. The first-order valence-corrected chi connectivity index (χ1v) is 18.4. The van der Waals surface area contributed by atoms with Crippen molar-refractivity contribution in [3.8, 4) is 17.1 Å². The molecule has 8 aromatic carbocycles. The molecule has 0 saturated heterocycles. The maximum absolute atomic E-state index is 6.86. The van der Waals surface area contributed by atoms with Gasteiger partial charge in [0.2, 0.25) is 5.89 Å². The summed E-state index contributed by atoms with van der Waals surface area (Å²) in [5.74, 6) is 0.578. The predicted octanol–water partition coefficient (Wildman–Crippen LogP) is 13.9. The molecule has 0 fully saturated rings. The Morgan fingerprint density at radius 1 is 0.436 bits per heavy atom. The number of oxazole rings is 1. The van der Waals surface area contributed by atoms with E-state index in [-0.39, 0.29) is 0 Å². The first-order valence-electron chi connectivity index (χ1n) is 18.4. The van der Waals surface area contributed by atoms with Crippen LogP contribution in [0, 0.1) is 0 Å². The number of furan rings is 2. The topological polar surface area (TPSA) is 60.5 Å². The number of nitrogens with zero attached hydrogens (tertiary/aromatic N) is 3. The van der Waals surface area contributed by atoms with Crippen LogP contribution in [-0.4, -0.2) is 9.55 Å². The van der Waals surface area contributed by atoms with E-state index in [0.717, 1.165) is 88.7 Å². The average molecular weight is 708 g/mol. The fraction of sp³-hybridized carbons (Fsp3) is 0. The number of anilines is 3. The molecule has 0 bridgehead atoms. The molecule has 55 heavy (non-hydrogen) atoms. The van der Waals surface area contributed by atoms with Gasteiger partial charge in [0, 0.05) is 43.9 Å². The molecule has 6 heteroatoms. The lowest BCUT2D eigenvalue weighted by atomic mass is 10.1. The van der Waals surface area contributed by atoms with E-state index in [1.165, 1.54) is 10.8 Å². The van der Waals surface area contributed by atoms with Gasteiger partial charge in [-0.05, 0) is 72.8 Å². The van der Waals surface area contributed by atoms with Crippen LogP contribution in [0.1, 0.15) is 0 Å². The van der Waals surface area contributed by atoms with Gasteiger partial charge in [0.1, 0.15) is 16.7 Å². The molecule has 4 aromatic heterocycles. The monoisotopic (exact) mass is 707 g/mol. The number of benzene rings is 8. The van der Waals surface area contributed by atoms with Crippen LogP contribution in [0.4, 0.5) is 17.1 Å². The second-order valence-electron chi connectivity index (χ2n) is 13.9. The Morgan fingerprint density at radius 2 is 1.09 bits per heavy atom. The zero-order chi connectivity index (χ0) is 36.0. The van der Waals surface area contributed by atoms with Crippen molar-refractivity contribution < 1.29 is 13.3 Å². The molecule has 0 aliphatic carbocycles. The maximum Gasteiger partial charge on any atom is 0.227 e. The van der Waals surface area contributed by atoms with Crippen molar-refractivity contribution in [2.24, 2.45) is 0 Å². The molecule has 0 N–H and O–H groups in total. The summed E-state index contributed by atoms with van der Waals surface area (Å²) in [6, 6.07) is 60.7. The summed E-state index contributed by atoms with van der Waals surface area (Å²) in [7, 11) is 0. The number of hydrogen-bond acceptors (Lipinski definition) is 5. The first kappa shape index (κ1) is 29.9. The van der Waals surface area contributed by atoms with E-state index in [1.807, 2.05) is 54.6 Å². The van der Waals surface area contributed by atoms with Gasteiger partial charge >= 0.3 is 0 Å². The van der Waals surface area contributed by atoms with Gasteiger partial charge in [-0.15, -0.1) is 0 Å². The molecule has 6 nitrogen and oxygen atoms in total. The van der Waals surface area contributed by atoms with Gasteiger partial charge in [-0.25, -0.2) is 4.98 Å². The van der Waals surface area contributed by atoms with Crippen LogP contribution in [0.3, 0.4) is 0 Å². The van der Waals surface area contributed by atoms with Crippen molar-refractivity contribution in [1.82, 2.24) is 9.55 Å². The Bertz CT molecular complexity index is 3440. The molecule has 0 radical (unpaired) electrons. The van der Waals surface area contributed by atoms with Crippen LogP contribution >= 0.6 is 0 Å². The number of rotatable bonds is 5. The highest BCUT2D eigenvalue weighted by atomic mass is 16.4. The molecule has 0 saturated carbocycles. The van der Waals surface area contributed by atoms with Gasteiger partial charge < -0.3 is 22.7 Å². The van der Waals surface area contributed by atoms with Crippen LogP contribution in [0.15, 0.2) is 189 Å². The van der Waals surface area contributed by atoms with Crippen LogP contribution in [0.25, 0.3) is 93.9 Å². The van der Waals surface area contributed by atoms with E-state index >= 15 is 0 Å². The van der Waals surface area contributed by atoms with Gasteiger partial charge in [0.15, 0.2) is 16.7 Å². The van der Waals surface area contributed by atoms with Gasteiger partial charge in [-0.3, -0.25) is 0 Å². The number of aromatic nitrogens is 2. The fourth-order valence-electron chi connectivity index (χ4n) is 8.40. The van der Waals surface area contributed by atoms with Crippen molar-refractivity contribution in [2.75, 3.05) is 4.90 Å². The Morgan fingerprint density at radius 3 is 1.93 bits per heavy atom. The Balaban J connectivity index is 1.16. The van der Waals surface area contributed by atoms with Crippen LogP contribution in [0.2, 0.25) is 0 Å². The van der Waals surface area contributed by atoms with Gasteiger partial charge in [0.05, 0.1) is 27.8 Å². The third-order valence-corrected chi connectivity index (χ3v) is 10.8. The van der Waals surface area contributed by atoms with Crippen molar-refractivity contribution in [3.63, 3.8) is 0 Å². The van der Waals surface area contributed by atoms with E-state index in [2.05, 4.69) is 131 Å². The summed E-state index contributed by atoms with van der Waals surface area (Å²) in [5.41, 5.74) is 11.6. The molecule has 0 spiro atoms. The highest BCUT2D eigenvalue weighted by molar-refractivity contribution is 6.20. The first-order chi connectivity index (χ1) is 27.3. The molecule has 12 aromatic rings. The minimum absolute atomic E-state index is 0.578. The lowest BCUT2D eigenvalue weighted by Gasteiger charge is -2.26. The normalized spacial score (nSPS) is 12.0. The molecule has 0 amide bonds. The average Bonchev–Trinajstić information content (AvgIpc) is 4.02. The van der Waals surface area contributed by atoms with E-state index in [9.17, 15) is 0 Å². The van der Waals surface area contributed by atoms with E-state index in [1.54, 1.807) is 0 Å². The minimum Gasteiger partial charge on any atom is -0.454 e. The van der Waals surface area contributed by atoms with Crippen LogP contribution in [0.5, 0.6) is 0 Å². The van der Waals surface area contributed by atoms with Crippen molar-refractivity contribution in [1.29, 1.82) is 0 Å². The third-order valence-electron chi connectivity index (χ3n) is 10.8. The van der Waals surface area contributed by atoms with E-state index < -0.39 is 0 Å². The van der Waals surface area contributed by atoms with Crippen LogP contribution in [-0.2, 0) is 0 Å². The molecule has 258 valence electrons. The Kier molecular flexibility index (Phi) is 6.24. The lowest BCUT2D eigenvalue weighted by molar-refractivity contribution is 0.622. The van der Waals surface area contributed by atoms with Gasteiger partial charge in [-0.1, -0.05) is 103 Å². The Labute approximate surface area is 313 Å². The second kappa shape index (κ2) is 11.5. The fourth-order valence-corrected chi connectivity index (χ4v) is 8.40. The highest BCUT2D eigenvalue weighted by Gasteiger charge is 2.26. The van der Waals surface area contributed by atoms with E-state index in [0.29, 0.717) is 11.5 Å². The molecule has 0 aliphatic heterocycles. The molecule has 12 rings (SSSR count). The van der Waals surface area contributed by atoms with Gasteiger partial charge in [0.25, 0.3) is 0 Å². The smallest absolute Gasteiger partial charge is 0.227 e. The zero-order valence-electron chi connectivity index (χ0n) is 29.3. The minimum atomic E-state index is 0.578. The largest absolute Gasteiger partial charge is 0.454 e. The number of fused-ring (bicyclic) bond motifs is 11. The molecular formula is C49H29N3O3. The van der Waals surface area contributed by atoms with Crippen molar-refractivity contribution in [2.45, 2.75) is 0 Å². The summed E-state index contributed by atoms with van der Waals surface area (Å²) < 4.78 is 22.4. The molecule has 4 heterocycles. The summed E-state index contributed by atoms with van der Waals surface area (Å²) in [5, 5.41) is 6.33. The van der Waals surface area contributed by atoms with Crippen LogP contribution < -0.4 is 4.90 Å². The predicted molar refractivity (Wildman–Crippen MR) is 223 cm³/mol. The molecular weight excluding hydrogens is 679 g/mol. The van der Waals surface area contributed by atoms with E-state index in [4.69, 9.17) is 18.2 Å². The quantitative estimate of drug-likeness (QED) is 0.178. The lowest BCUT2D eigenvalue weighted by Crippen LogP contribution is -2.10. The Hall–Kier alpha value is -7.57. The maximum atomic E-state index is 6.86. The zero-order valence-corrected chi connectivity index (χ0v) is 29.3. The summed E-state index contributed by atoms with van der Waals surface area (Å²) in [4.78, 5) is 7.15. The number of hydrogen-bond donors (Lipinski definition) is 0. The van der Waals surface area contributed by atoms with Gasteiger partial charge in [-0.2, -0.15) is 0 Å². The molecule has 0 atom stereocenters. The molecule has 0 unspecified atom stereocenters. The summed E-state index contributed by atoms with van der Waals surface area (Å²) in [6.45, 7) is 0. The SMILES string of the molecule is c1ccc(-c2nc3ccc4oc5c(N(c6ccc7c8ccccc8n(-c8ccccc8)c7c6)c6cccc7c6oc6ccccc67)cccc5c4c3o2)cc1. The molecule has 0 aliphatic rings. The van der Waals surface area contributed by atoms with Crippen molar-refractivity contribution in [3.05, 3.63) is 176 Å². The number of para-hydroxylation sites is 5.